The third-order valence-corrected chi connectivity index (χ3v) is 5.10. The number of halogens is 4. The Kier molecular flexibility index (Phi) is 5.73. The van der Waals surface area contributed by atoms with Crippen LogP contribution in [0.3, 0.4) is 0 Å². The molecule has 0 N–H and O–H groups in total. The van der Waals surface area contributed by atoms with Gasteiger partial charge in [-0.1, -0.05) is 44.2 Å². The Labute approximate surface area is 166 Å². The lowest BCUT2D eigenvalue weighted by atomic mass is 10.1. The summed E-state index contributed by atoms with van der Waals surface area (Å²) in [7, 11) is 0. The number of carbonyl (C=O) groups excluding carboxylic acids is 1. The molecule has 8 heteroatoms. The van der Waals surface area contributed by atoms with Gasteiger partial charge in [0, 0.05) is 6.54 Å². The Bertz CT molecular complexity index is 843. The Morgan fingerprint density at radius 3 is 2.62 bits per heavy atom. The second kappa shape index (κ2) is 7.93. The largest absolute Gasteiger partial charge is 0.444 e. The molecule has 4 nitrogen and oxygen atoms in total. The minimum atomic E-state index is -5.05. The fraction of sp³-hybridized carbons (Fsp3) is 0.381. The summed E-state index contributed by atoms with van der Waals surface area (Å²) in [5.41, 5.74) is -0.805. The lowest BCUT2D eigenvalue weighted by molar-refractivity contribution is -0.150. The lowest BCUT2D eigenvalue weighted by Crippen LogP contribution is -2.32. The molecule has 2 atom stereocenters. The minimum Gasteiger partial charge on any atom is -0.444 e. The Morgan fingerprint density at radius 1 is 1.28 bits per heavy atom. The monoisotopic (exact) mass is 411 g/mol. The summed E-state index contributed by atoms with van der Waals surface area (Å²) >= 11 is 0. The molecule has 1 aromatic carbocycles. The van der Waals surface area contributed by atoms with Gasteiger partial charge in [-0.25, -0.2) is 4.39 Å². The van der Waals surface area contributed by atoms with E-state index in [9.17, 15) is 22.4 Å². The fourth-order valence-electron chi connectivity index (χ4n) is 3.28. The van der Waals surface area contributed by atoms with E-state index in [4.69, 9.17) is 9.47 Å². The van der Waals surface area contributed by atoms with Gasteiger partial charge in [-0.3, -0.25) is 4.79 Å². The van der Waals surface area contributed by atoms with E-state index in [-0.39, 0.29) is 6.73 Å². The van der Waals surface area contributed by atoms with Crippen LogP contribution in [0.5, 0.6) is 5.75 Å². The van der Waals surface area contributed by atoms with Crippen molar-refractivity contribution in [2.24, 2.45) is 17.3 Å². The quantitative estimate of drug-likeness (QED) is 0.490. The predicted octanol–water partition coefficient (Wildman–Crippen LogP) is 4.97. The molecule has 3 rings (SSSR count). The van der Waals surface area contributed by atoms with Gasteiger partial charge in [0.2, 0.25) is 0 Å². The van der Waals surface area contributed by atoms with Gasteiger partial charge < -0.3 is 14.4 Å². The summed E-state index contributed by atoms with van der Waals surface area (Å²) in [5.74, 6) is -3.47. The van der Waals surface area contributed by atoms with Crippen molar-refractivity contribution in [3.05, 3.63) is 66.3 Å². The van der Waals surface area contributed by atoms with E-state index < -0.39 is 35.2 Å². The number of allylic oxidation sites excluding steroid dienone is 4. The van der Waals surface area contributed by atoms with E-state index in [1.165, 1.54) is 0 Å². The highest BCUT2D eigenvalue weighted by molar-refractivity contribution is 5.78. The van der Waals surface area contributed by atoms with Gasteiger partial charge in [-0.05, 0) is 35.6 Å². The zero-order valence-electron chi connectivity index (χ0n) is 15.9. The normalized spacial score (nSPS) is 23.4. The number of para-hydroxylation sites is 1. The molecule has 0 aromatic heterocycles. The first-order valence-electron chi connectivity index (χ1n) is 9.06. The van der Waals surface area contributed by atoms with Crippen LogP contribution in [-0.2, 0) is 9.53 Å². The van der Waals surface area contributed by atoms with Gasteiger partial charge in [0.15, 0.2) is 18.4 Å². The van der Waals surface area contributed by atoms with Crippen molar-refractivity contribution < 1.29 is 31.8 Å². The number of alkyl halides is 3. The molecule has 0 bridgehead atoms. The molecule has 1 saturated carbocycles. The van der Waals surface area contributed by atoms with Gasteiger partial charge >= 0.3 is 12.1 Å². The number of benzene rings is 1. The topological polar surface area (TPSA) is 38.8 Å². The SMILES string of the molecule is CC1(C)[C@H](C=C(F)C(F)(F)F)[C@@H]1C(=O)OCN1CC=CC=C1Oc1ccccc1. The fourth-order valence-corrected chi connectivity index (χ4v) is 3.28. The van der Waals surface area contributed by atoms with Gasteiger partial charge in [0.1, 0.15) is 5.75 Å². The number of ether oxygens (including phenoxy) is 2. The van der Waals surface area contributed by atoms with E-state index in [2.05, 4.69) is 0 Å². The van der Waals surface area contributed by atoms with Crippen molar-refractivity contribution in [1.82, 2.24) is 4.90 Å². The van der Waals surface area contributed by atoms with E-state index in [1.54, 1.807) is 43.0 Å². The van der Waals surface area contributed by atoms with Crippen LogP contribution in [0.4, 0.5) is 17.6 Å². The van der Waals surface area contributed by atoms with Crippen molar-refractivity contribution in [2.45, 2.75) is 20.0 Å². The summed E-state index contributed by atoms with van der Waals surface area (Å²) in [5, 5.41) is 0. The van der Waals surface area contributed by atoms with Crippen LogP contribution in [0.1, 0.15) is 13.8 Å². The molecule has 0 amide bonds. The standard InChI is InChI=1S/C21H21F4NO3/c1-20(2)15(12-16(22)21(23,24)25)18(20)19(27)28-13-26-11-7-6-10-17(26)29-14-8-4-3-5-9-14/h3-10,12,15,18H,11,13H2,1-2H3/t15-,18-/m1/s1. The average molecular weight is 411 g/mol. The van der Waals surface area contributed by atoms with Crippen LogP contribution in [0.15, 0.2) is 66.3 Å². The van der Waals surface area contributed by atoms with E-state index in [1.807, 2.05) is 24.3 Å². The Morgan fingerprint density at radius 2 is 1.97 bits per heavy atom. The molecule has 1 heterocycles. The van der Waals surface area contributed by atoms with E-state index in [0.29, 0.717) is 24.3 Å². The van der Waals surface area contributed by atoms with Gasteiger partial charge in [-0.15, -0.1) is 0 Å². The lowest BCUT2D eigenvalue weighted by Gasteiger charge is -2.27. The molecule has 0 unspecified atom stereocenters. The van der Waals surface area contributed by atoms with Gasteiger partial charge in [0.05, 0.1) is 5.92 Å². The van der Waals surface area contributed by atoms with Crippen LogP contribution in [0.25, 0.3) is 0 Å². The maximum atomic E-state index is 13.3. The van der Waals surface area contributed by atoms with E-state index >= 15 is 0 Å². The Hall–Kier alpha value is -2.77. The first kappa shape index (κ1) is 21.0. The van der Waals surface area contributed by atoms with Crippen LogP contribution < -0.4 is 4.74 Å². The molecule has 29 heavy (non-hydrogen) atoms. The number of rotatable bonds is 6. The van der Waals surface area contributed by atoms with Crippen molar-refractivity contribution in [3.63, 3.8) is 0 Å². The number of nitrogens with zero attached hydrogens (tertiary/aromatic N) is 1. The van der Waals surface area contributed by atoms with Crippen LogP contribution in [0.2, 0.25) is 0 Å². The number of esters is 1. The number of carbonyl (C=O) groups is 1. The molecule has 1 fully saturated rings. The highest BCUT2D eigenvalue weighted by atomic mass is 19.4. The van der Waals surface area contributed by atoms with Crippen molar-refractivity contribution >= 4 is 5.97 Å². The van der Waals surface area contributed by atoms with Crippen LogP contribution >= 0.6 is 0 Å². The van der Waals surface area contributed by atoms with Crippen molar-refractivity contribution in [3.8, 4) is 5.75 Å². The maximum absolute atomic E-state index is 13.3. The third-order valence-electron chi connectivity index (χ3n) is 5.10. The molecule has 0 spiro atoms. The first-order chi connectivity index (χ1) is 13.6. The third kappa shape index (κ3) is 4.81. The van der Waals surface area contributed by atoms with Crippen LogP contribution in [-0.4, -0.2) is 30.3 Å². The smallest absolute Gasteiger partial charge is 0.442 e. The molecule has 2 aliphatic rings. The first-order valence-corrected chi connectivity index (χ1v) is 9.06. The number of hydrogen-bond donors (Lipinski definition) is 0. The zero-order chi connectivity index (χ0) is 21.2. The average Bonchev–Trinajstić information content (AvgIpc) is 3.21. The second-order valence-corrected chi connectivity index (χ2v) is 7.50. The molecule has 156 valence electrons. The summed E-state index contributed by atoms with van der Waals surface area (Å²) < 4.78 is 61.7. The summed E-state index contributed by atoms with van der Waals surface area (Å²) in [6.07, 6.45) is 0.787. The maximum Gasteiger partial charge on any atom is 0.442 e. The van der Waals surface area contributed by atoms with Crippen molar-refractivity contribution in [1.29, 1.82) is 0 Å². The molecule has 1 aliphatic heterocycles. The molecule has 1 aliphatic carbocycles. The number of hydrogen-bond acceptors (Lipinski definition) is 4. The van der Waals surface area contributed by atoms with Gasteiger partial charge in [0.25, 0.3) is 0 Å². The predicted molar refractivity (Wildman–Crippen MR) is 98.0 cm³/mol. The van der Waals surface area contributed by atoms with Gasteiger partial charge in [-0.2, -0.15) is 13.2 Å². The summed E-state index contributed by atoms with van der Waals surface area (Å²) in [6, 6.07) is 9.06. The zero-order valence-corrected chi connectivity index (χ0v) is 15.9. The highest BCUT2D eigenvalue weighted by Gasteiger charge is 2.62. The summed E-state index contributed by atoms with van der Waals surface area (Å²) in [6.45, 7) is 3.52. The summed E-state index contributed by atoms with van der Waals surface area (Å²) in [4.78, 5) is 14.1. The molecule has 0 radical (unpaired) electrons. The minimum absolute atomic E-state index is 0.132. The van der Waals surface area contributed by atoms with E-state index in [0.717, 1.165) is 0 Å². The molecular weight excluding hydrogens is 390 g/mol. The van der Waals surface area contributed by atoms with Crippen LogP contribution in [0, 0.1) is 17.3 Å². The molecule has 1 aromatic rings. The van der Waals surface area contributed by atoms with Crippen molar-refractivity contribution in [2.75, 3.05) is 13.3 Å². The second-order valence-electron chi connectivity index (χ2n) is 7.50. The molecular formula is C21H21F4NO3. The highest BCUT2D eigenvalue weighted by Crippen LogP contribution is 2.60. The Balaban J connectivity index is 1.60. The molecule has 0 saturated heterocycles.